The van der Waals surface area contributed by atoms with Gasteiger partial charge in [-0.25, -0.2) is 0 Å². The molecule has 0 unspecified atom stereocenters. The molecule has 1 aliphatic carbocycles. The number of hydrogen-bond acceptors (Lipinski definition) is 5. The molecule has 1 fully saturated rings. The van der Waals surface area contributed by atoms with Crippen molar-refractivity contribution in [1.29, 1.82) is 0 Å². The molecule has 7 heteroatoms. The molecule has 3 rings (SSSR count). The van der Waals surface area contributed by atoms with Crippen LogP contribution in [0.5, 0.6) is 0 Å². The van der Waals surface area contributed by atoms with Gasteiger partial charge in [0.15, 0.2) is 10.9 Å². The molecule has 1 N–H and O–H groups in total. The zero-order chi connectivity index (χ0) is 18.0. The molecule has 1 amide bonds. The van der Waals surface area contributed by atoms with Crippen LogP contribution in [0.25, 0.3) is 0 Å². The van der Waals surface area contributed by atoms with E-state index in [1.165, 1.54) is 11.8 Å². The standard InChI is InChI=1S/C18H22N4O2S/c1-11(2)17(24)20-14-6-4-13(5-7-14)16(23)12(3)25-18-21-19-10-22(18)15-8-9-15/h4-7,10-12,15H,8-9H2,1-3H3,(H,20,24)/t12-/m1/s1. The van der Waals surface area contributed by atoms with E-state index in [1.54, 1.807) is 30.6 Å². The van der Waals surface area contributed by atoms with Crippen molar-refractivity contribution < 1.29 is 9.59 Å². The van der Waals surface area contributed by atoms with Crippen LogP contribution in [0.1, 0.15) is 50.0 Å². The molecule has 1 aromatic heterocycles. The molecule has 0 radical (unpaired) electrons. The predicted octanol–water partition coefficient (Wildman–Crippen LogP) is 3.57. The molecule has 1 heterocycles. The monoisotopic (exact) mass is 358 g/mol. The first-order valence-electron chi connectivity index (χ1n) is 8.47. The lowest BCUT2D eigenvalue weighted by Crippen LogP contribution is -2.18. The Balaban J connectivity index is 1.63. The summed E-state index contributed by atoms with van der Waals surface area (Å²) in [6, 6.07) is 7.51. The van der Waals surface area contributed by atoms with Crippen LogP contribution in [0.2, 0.25) is 0 Å². The molecule has 0 saturated heterocycles. The van der Waals surface area contributed by atoms with Crippen LogP contribution in [0.15, 0.2) is 35.7 Å². The number of carbonyl (C=O) groups is 2. The normalized spacial score (nSPS) is 15.2. The smallest absolute Gasteiger partial charge is 0.226 e. The number of carbonyl (C=O) groups excluding carboxylic acids is 2. The van der Waals surface area contributed by atoms with Crippen molar-refractivity contribution in [3.05, 3.63) is 36.2 Å². The van der Waals surface area contributed by atoms with E-state index < -0.39 is 0 Å². The van der Waals surface area contributed by atoms with Crippen LogP contribution in [-0.4, -0.2) is 31.7 Å². The zero-order valence-electron chi connectivity index (χ0n) is 14.6. The number of hydrogen-bond donors (Lipinski definition) is 1. The minimum atomic E-state index is -0.252. The molecular formula is C18H22N4O2S. The number of amides is 1. The van der Waals surface area contributed by atoms with Gasteiger partial charge < -0.3 is 9.88 Å². The van der Waals surface area contributed by atoms with Gasteiger partial charge in [-0.15, -0.1) is 10.2 Å². The fourth-order valence-electron chi connectivity index (χ4n) is 2.37. The van der Waals surface area contributed by atoms with Gasteiger partial charge in [-0.1, -0.05) is 25.6 Å². The molecule has 0 bridgehead atoms. The van der Waals surface area contributed by atoms with E-state index >= 15 is 0 Å². The highest BCUT2D eigenvalue weighted by Crippen LogP contribution is 2.38. The Labute approximate surface area is 151 Å². The van der Waals surface area contributed by atoms with Crippen LogP contribution in [-0.2, 0) is 4.79 Å². The van der Waals surface area contributed by atoms with Gasteiger partial charge in [-0.05, 0) is 44.0 Å². The van der Waals surface area contributed by atoms with Crippen LogP contribution in [0.3, 0.4) is 0 Å². The molecule has 1 aromatic carbocycles. The summed E-state index contributed by atoms with van der Waals surface area (Å²) >= 11 is 1.44. The first kappa shape index (κ1) is 17.7. The Morgan fingerprint density at radius 2 is 1.88 bits per heavy atom. The Bertz CT molecular complexity index is 766. The van der Waals surface area contributed by atoms with Crippen molar-refractivity contribution in [1.82, 2.24) is 14.8 Å². The van der Waals surface area contributed by atoms with E-state index in [-0.39, 0.29) is 22.9 Å². The first-order valence-corrected chi connectivity index (χ1v) is 9.35. The molecule has 132 valence electrons. The molecule has 0 spiro atoms. The third-order valence-electron chi connectivity index (χ3n) is 4.09. The molecule has 6 nitrogen and oxygen atoms in total. The summed E-state index contributed by atoms with van der Waals surface area (Å²) in [5.74, 6) is -0.0824. The van der Waals surface area contributed by atoms with Crippen molar-refractivity contribution in [2.24, 2.45) is 5.92 Å². The number of ketones is 1. The first-order chi connectivity index (χ1) is 12.0. The quantitative estimate of drug-likeness (QED) is 0.605. The van der Waals surface area contributed by atoms with Crippen LogP contribution in [0, 0.1) is 5.92 Å². The number of thioether (sulfide) groups is 1. The van der Waals surface area contributed by atoms with Crippen molar-refractivity contribution in [2.45, 2.75) is 50.1 Å². The van der Waals surface area contributed by atoms with Crippen LogP contribution < -0.4 is 5.32 Å². The number of rotatable bonds is 7. The number of nitrogens with one attached hydrogen (secondary N) is 1. The minimum Gasteiger partial charge on any atom is -0.326 e. The van der Waals surface area contributed by atoms with E-state index in [4.69, 9.17) is 0 Å². The maximum absolute atomic E-state index is 12.6. The van der Waals surface area contributed by atoms with Crippen molar-refractivity contribution in [3.63, 3.8) is 0 Å². The highest BCUT2D eigenvalue weighted by atomic mass is 32.2. The van der Waals surface area contributed by atoms with Gasteiger partial charge in [-0.2, -0.15) is 0 Å². The minimum absolute atomic E-state index is 0.0390. The second-order valence-corrected chi connectivity index (χ2v) is 7.91. The van der Waals surface area contributed by atoms with Gasteiger partial charge in [0.2, 0.25) is 5.91 Å². The fourth-order valence-corrected chi connectivity index (χ4v) is 3.34. The zero-order valence-corrected chi connectivity index (χ0v) is 15.4. The summed E-state index contributed by atoms with van der Waals surface area (Å²) in [6.45, 7) is 5.56. The molecule has 1 saturated carbocycles. The average molecular weight is 358 g/mol. The van der Waals surface area contributed by atoms with E-state index in [9.17, 15) is 9.59 Å². The predicted molar refractivity (Wildman–Crippen MR) is 97.9 cm³/mol. The lowest BCUT2D eigenvalue weighted by molar-refractivity contribution is -0.118. The second-order valence-electron chi connectivity index (χ2n) is 6.60. The third kappa shape index (κ3) is 4.28. The highest BCUT2D eigenvalue weighted by molar-refractivity contribution is 8.00. The molecule has 1 aliphatic rings. The summed E-state index contributed by atoms with van der Waals surface area (Å²) < 4.78 is 2.05. The van der Waals surface area contributed by atoms with Crippen molar-refractivity contribution in [2.75, 3.05) is 5.32 Å². The summed E-state index contributed by atoms with van der Waals surface area (Å²) in [5, 5.41) is 11.5. The fraction of sp³-hybridized carbons (Fsp3) is 0.444. The molecular weight excluding hydrogens is 336 g/mol. The van der Waals surface area contributed by atoms with E-state index in [2.05, 4.69) is 20.1 Å². The summed E-state index contributed by atoms with van der Waals surface area (Å²) in [5.41, 5.74) is 1.32. The number of aromatic nitrogens is 3. The maximum atomic E-state index is 12.6. The number of benzene rings is 1. The second kappa shape index (κ2) is 7.39. The van der Waals surface area contributed by atoms with E-state index in [0.717, 1.165) is 18.0 Å². The van der Waals surface area contributed by atoms with Gasteiger partial charge in [-0.3, -0.25) is 9.59 Å². The summed E-state index contributed by atoms with van der Waals surface area (Å²) in [6.07, 6.45) is 4.04. The summed E-state index contributed by atoms with van der Waals surface area (Å²) in [7, 11) is 0. The topological polar surface area (TPSA) is 76.9 Å². The van der Waals surface area contributed by atoms with Gasteiger partial charge in [0, 0.05) is 23.2 Å². The summed E-state index contributed by atoms with van der Waals surface area (Å²) in [4.78, 5) is 24.4. The van der Waals surface area contributed by atoms with Crippen molar-refractivity contribution in [3.8, 4) is 0 Å². The third-order valence-corrected chi connectivity index (χ3v) is 5.16. The molecule has 1 atom stereocenters. The Hall–Kier alpha value is -2.15. The lowest BCUT2D eigenvalue weighted by Gasteiger charge is -2.12. The average Bonchev–Trinajstić information content (AvgIpc) is 3.34. The molecule has 25 heavy (non-hydrogen) atoms. The van der Waals surface area contributed by atoms with Crippen LogP contribution >= 0.6 is 11.8 Å². The SMILES string of the molecule is CC(C)C(=O)Nc1ccc(C(=O)[C@@H](C)Sc2nncn2C2CC2)cc1. The Morgan fingerprint density at radius 3 is 2.48 bits per heavy atom. The maximum Gasteiger partial charge on any atom is 0.226 e. The van der Waals surface area contributed by atoms with Gasteiger partial charge in [0.25, 0.3) is 0 Å². The number of anilines is 1. The van der Waals surface area contributed by atoms with Crippen LogP contribution in [0.4, 0.5) is 5.69 Å². The molecule has 2 aromatic rings. The Morgan fingerprint density at radius 1 is 1.20 bits per heavy atom. The Kier molecular flexibility index (Phi) is 5.22. The largest absolute Gasteiger partial charge is 0.326 e. The number of nitrogens with zero attached hydrogens (tertiary/aromatic N) is 3. The number of Topliss-reactive ketones (excluding diaryl/α,β-unsaturated/α-hetero) is 1. The van der Waals surface area contributed by atoms with Gasteiger partial charge >= 0.3 is 0 Å². The molecule has 0 aliphatic heterocycles. The van der Waals surface area contributed by atoms with E-state index in [1.807, 2.05) is 20.8 Å². The highest BCUT2D eigenvalue weighted by Gasteiger charge is 2.28. The van der Waals surface area contributed by atoms with Crippen molar-refractivity contribution >= 4 is 29.1 Å². The van der Waals surface area contributed by atoms with Gasteiger partial charge in [0.1, 0.15) is 6.33 Å². The van der Waals surface area contributed by atoms with E-state index in [0.29, 0.717) is 17.3 Å². The lowest BCUT2D eigenvalue weighted by atomic mass is 10.1. The van der Waals surface area contributed by atoms with Gasteiger partial charge in [0.05, 0.1) is 5.25 Å².